The molecule has 1 heteroatoms. The van der Waals surface area contributed by atoms with Crippen molar-refractivity contribution in [1.29, 1.82) is 0 Å². The lowest BCUT2D eigenvalue weighted by Gasteiger charge is -2.20. The number of dihydropyridines is 1. The molecule has 45 heavy (non-hydrogen) atoms. The summed E-state index contributed by atoms with van der Waals surface area (Å²) < 4.78 is 0. The van der Waals surface area contributed by atoms with Crippen LogP contribution in [-0.2, 0) is 0 Å². The molecule has 216 valence electrons. The maximum absolute atomic E-state index is 3.49. The van der Waals surface area contributed by atoms with Gasteiger partial charge in [0.2, 0.25) is 0 Å². The van der Waals surface area contributed by atoms with Crippen molar-refractivity contribution in [3.8, 4) is 33.4 Å². The molecule has 0 unspecified atom stereocenters. The second-order valence-electron chi connectivity index (χ2n) is 12.3. The first-order valence-corrected chi connectivity index (χ1v) is 15.8. The van der Waals surface area contributed by atoms with Gasteiger partial charge in [0.15, 0.2) is 0 Å². The van der Waals surface area contributed by atoms with Crippen molar-refractivity contribution in [1.82, 2.24) is 5.32 Å². The minimum absolute atomic E-state index is 0.865. The molecule has 7 aromatic carbocycles. The summed E-state index contributed by atoms with van der Waals surface area (Å²) >= 11 is 0. The largest absolute Gasteiger partial charge is 0.381 e. The van der Waals surface area contributed by atoms with E-state index in [2.05, 4.69) is 166 Å². The van der Waals surface area contributed by atoms with Crippen molar-refractivity contribution in [3.63, 3.8) is 0 Å². The quantitative estimate of drug-likeness (QED) is 0.205. The highest BCUT2D eigenvalue weighted by molar-refractivity contribution is 6.24. The minimum atomic E-state index is 0.865. The molecule has 0 fully saturated rings. The predicted molar refractivity (Wildman–Crippen MR) is 195 cm³/mol. The topological polar surface area (TPSA) is 12.0 Å². The van der Waals surface area contributed by atoms with Gasteiger partial charge in [-0.05, 0) is 109 Å². The molecule has 1 N–H and O–H groups in total. The first-order valence-electron chi connectivity index (χ1n) is 15.8. The Morgan fingerprint density at radius 3 is 1.49 bits per heavy atom. The molecule has 1 heterocycles. The van der Waals surface area contributed by atoms with Crippen LogP contribution >= 0.6 is 0 Å². The van der Waals surface area contributed by atoms with Crippen molar-refractivity contribution in [2.75, 3.05) is 6.54 Å². The van der Waals surface area contributed by atoms with Gasteiger partial charge in [-0.15, -0.1) is 0 Å². The van der Waals surface area contributed by atoms with Gasteiger partial charge in [-0.2, -0.15) is 0 Å². The second-order valence-corrected chi connectivity index (χ2v) is 12.3. The molecule has 0 aromatic heterocycles. The van der Waals surface area contributed by atoms with E-state index in [9.17, 15) is 0 Å². The molecule has 0 saturated carbocycles. The van der Waals surface area contributed by atoms with Crippen molar-refractivity contribution >= 4 is 38.0 Å². The zero-order valence-electron chi connectivity index (χ0n) is 26.0. The van der Waals surface area contributed by atoms with Gasteiger partial charge in [0.25, 0.3) is 0 Å². The summed E-state index contributed by atoms with van der Waals surface area (Å²) in [4.78, 5) is 0. The van der Waals surface area contributed by atoms with E-state index in [0.717, 1.165) is 6.54 Å². The van der Waals surface area contributed by atoms with Crippen LogP contribution in [0.25, 0.3) is 71.4 Å². The van der Waals surface area contributed by atoms with E-state index >= 15 is 0 Å². The van der Waals surface area contributed by atoms with Gasteiger partial charge in [-0.25, -0.2) is 0 Å². The Morgan fingerprint density at radius 2 is 0.956 bits per heavy atom. The van der Waals surface area contributed by atoms with E-state index in [1.54, 1.807) is 0 Å². The van der Waals surface area contributed by atoms with Gasteiger partial charge in [0, 0.05) is 12.2 Å². The van der Waals surface area contributed by atoms with Gasteiger partial charge in [-0.1, -0.05) is 139 Å². The zero-order chi connectivity index (χ0) is 30.5. The molecular formula is C44H35N. The van der Waals surface area contributed by atoms with Crippen LogP contribution in [0, 0.1) is 20.8 Å². The average molecular weight is 578 g/mol. The maximum Gasteiger partial charge on any atom is 0.0416 e. The summed E-state index contributed by atoms with van der Waals surface area (Å²) in [6, 6.07) is 45.2. The van der Waals surface area contributed by atoms with E-state index in [-0.39, 0.29) is 0 Å². The number of rotatable bonds is 4. The molecule has 0 spiro atoms. The third-order valence-corrected chi connectivity index (χ3v) is 9.36. The molecule has 1 aliphatic heterocycles. The summed E-state index contributed by atoms with van der Waals surface area (Å²) in [6.07, 6.45) is 6.41. The maximum atomic E-state index is 3.49. The summed E-state index contributed by atoms with van der Waals surface area (Å²) in [5.41, 5.74) is 14.1. The van der Waals surface area contributed by atoms with Crippen molar-refractivity contribution in [2.24, 2.45) is 0 Å². The summed E-state index contributed by atoms with van der Waals surface area (Å²) in [5, 5.41) is 11.2. The fourth-order valence-corrected chi connectivity index (χ4v) is 7.56. The molecule has 0 bridgehead atoms. The third kappa shape index (κ3) is 4.55. The Labute approximate surface area is 265 Å². The van der Waals surface area contributed by atoms with Crippen LogP contribution in [0.5, 0.6) is 0 Å². The number of aryl methyl sites for hydroxylation is 3. The van der Waals surface area contributed by atoms with Crippen LogP contribution in [0.1, 0.15) is 22.3 Å². The lowest BCUT2D eigenvalue weighted by atomic mass is 9.83. The van der Waals surface area contributed by atoms with E-state index in [0.29, 0.717) is 0 Å². The van der Waals surface area contributed by atoms with Crippen LogP contribution < -0.4 is 5.32 Å². The van der Waals surface area contributed by atoms with Crippen LogP contribution in [0.15, 0.2) is 140 Å². The molecule has 0 atom stereocenters. The number of benzene rings is 7. The van der Waals surface area contributed by atoms with E-state index in [4.69, 9.17) is 0 Å². The number of hydrogen-bond donors (Lipinski definition) is 1. The van der Waals surface area contributed by atoms with Crippen molar-refractivity contribution < 1.29 is 0 Å². The van der Waals surface area contributed by atoms with Crippen molar-refractivity contribution in [2.45, 2.75) is 20.8 Å². The Balaban J connectivity index is 1.39. The van der Waals surface area contributed by atoms with Gasteiger partial charge < -0.3 is 5.32 Å². The monoisotopic (exact) mass is 577 g/mol. The molecule has 0 amide bonds. The van der Waals surface area contributed by atoms with Crippen LogP contribution in [0.4, 0.5) is 0 Å². The highest BCUT2D eigenvalue weighted by Crippen LogP contribution is 2.46. The van der Waals surface area contributed by atoms with E-state index < -0.39 is 0 Å². The first kappa shape index (κ1) is 27.2. The lowest BCUT2D eigenvalue weighted by molar-refractivity contribution is 0.996. The zero-order valence-corrected chi connectivity index (χ0v) is 26.0. The Morgan fingerprint density at radius 1 is 0.467 bits per heavy atom. The highest BCUT2D eigenvalue weighted by Gasteiger charge is 2.19. The smallest absolute Gasteiger partial charge is 0.0416 e. The number of fused-ring (bicyclic) bond motifs is 3. The molecule has 1 nitrogen and oxygen atoms in total. The van der Waals surface area contributed by atoms with Crippen molar-refractivity contribution in [3.05, 3.63) is 162 Å². The van der Waals surface area contributed by atoms with Gasteiger partial charge in [0.05, 0.1) is 0 Å². The molecule has 0 radical (unpaired) electrons. The SMILES string of the molecule is Cc1cc(C)c(-c2cccc3c(-c4c5ccccc5c(-c5ccc(C6=CC=CCN6)cc5)c5ccccc45)cccc23)c(C)c1. The van der Waals surface area contributed by atoms with Crippen LogP contribution in [0.3, 0.4) is 0 Å². The predicted octanol–water partition coefficient (Wildman–Crippen LogP) is 11.6. The Kier molecular flexibility index (Phi) is 6.61. The van der Waals surface area contributed by atoms with E-state index in [1.807, 2.05) is 0 Å². The highest BCUT2D eigenvalue weighted by atomic mass is 14.9. The first-order chi connectivity index (χ1) is 22.1. The standard InChI is InChI=1S/C44H35N/c1-28-26-29(2)42(30(3)27-28)35-18-10-17-34-33(35)16-11-19-36(34)44-39-14-6-4-12-37(39)43(38-13-5-7-15-40(38)44)32-23-21-31(22-24-32)41-20-8-9-25-45-41/h4-24,26-27,45H,25H2,1-3H3. The lowest BCUT2D eigenvalue weighted by Crippen LogP contribution is -2.14. The normalized spacial score (nSPS) is 12.9. The Hall–Kier alpha value is -5.40. The van der Waals surface area contributed by atoms with Gasteiger partial charge in [-0.3, -0.25) is 0 Å². The van der Waals surface area contributed by atoms with Gasteiger partial charge >= 0.3 is 0 Å². The minimum Gasteiger partial charge on any atom is -0.381 e. The molecule has 7 aromatic rings. The Bertz CT molecular complexity index is 2250. The summed E-state index contributed by atoms with van der Waals surface area (Å²) in [5.74, 6) is 0. The molecule has 0 saturated heterocycles. The fourth-order valence-electron chi connectivity index (χ4n) is 7.56. The second kappa shape index (κ2) is 10.9. The molecule has 1 aliphatic rings. The number of allylic oxidation sites excluding steroid dienone is 2. The number of nitrogens with one attached hydrogen (secondary N) is 1. The molecule has 8 rings (SSSR count). The van der Waals surface area contributed by atoms with Crippen LogP contribution in [-0.4, -0.2) is 6.54 Å². The third-order valence-electron chi connectivity index (χ3n) is 9.36. The summed E-state index contributed by atoms with van der Waals surface area (Å²) in [6.45, 7) is 7.53. The number of hydrogen-bond acceptors (Lipinski definition) is 1. The van der Waals surface area contributed by atoms with E-state index in [1.165, 1.54) is 93.6 Å². The molecular weight excluding hydrogens is 542 g/mol. The average Bonchev–Trinajstić information content (AvgIpc) is 3.07. The molecule has 0 aliphatic carbocycles. The van der Waals surface area contributed by atoms with Crippen LogP contribution in [0.2, 0.25) is 0 Å². The summed E-state index contributed by atoms with van der Waals surface area (Å²) in [7, 11) is 0. The van der Waals surface area contributed by atoms with Gasteiger partial charge in [0.1, 0.15) is 0 Å². The fraction of sp³-hybridized carbons (Fsp3) is 0.0909.